The first kappa shape index (κ1) is 15.2. The van der Waals surface area contributed by atoms with Gasteiger partial charge in [0.25, 0.3) is 0 Å². The van der Waals surface area contributed by atoms with Crippen LogP contribution in [0.25, 0.3) is 33.1 Å². The van der Waals surface area contributed by atoms with Crippen molar-refractivity contribution in [2.24, 2.45) is 0 Å². The third-order valence-electron chi connectivity index (χ3n) is 4.75. The number of hydrogen-bond donors (Lipinski definition) is 0. The molecule has 4 heterocycles. The molecule has 2 aromatic heterocycles. The van der Waals surface area contributed by atoms with Crippen LogP contribution in [-0.2, 0) is 0 Å². The Balaban J connectivity index is 1.59. The van der Waals surface area contributed by atoms with Crippen LogP contribution in [0, 0.1) is 0 Å². The zero-order chi connectivity index (χ0) is 18.8. The molecule has 0 bridgehead atoms. The molecule has 0 amide bonds. The Morgan fingerprint density at radius 3 is 1.36 bits per heavy atom. The summed E-state index contributed by atoms with van der Waals surface area (Å²) in [5, 5.41) is 1.20. The van der Waals surface area contributed by atoms with E-state index in [1.807, 2.05) is 0 Å². The highest BCUT2D eigenvalue weighted by atomic mass is 16.7. The molecule has 0 aliphatic carbocycles. The molecular weight excluding hydrogens is 368 g/mol. The highest BCUT2D eigenvalue weighted by molar-refractivity contribution is 5.88. The molecule has 0 spiro atoms. The summed E-state index contributed by atoms with van der Waals surface area (Å²) in [6, 6.07) is 9.73. The Bertz CT molecular complexity index is 1300. The molecular formula is C20H10O8. The number of ether oxygens (including phenoxy) is 4. The molecule has 2 aliphatic heterocycles. The number of hydrogen-bond acceptors (Lipinski definition) is 8. The summed E-state index contributed by atoms with van der Waals surface area (Å²) in [7, 11) is 0. The van der Waals surface area contributed by atoms with E-state index in [-0.39, 0.29) is 24.7 Å². The molecule has 8 nitrogen and oxygen atoms in total. The van der Waals surface area contributed by atoms with E-state index in [1.54, 1.807) is 36.4 Å². The summed E-state index contributed by atoms with van der Waals surface area (Å²) in [6.45, 7) is 0.209. The minimum Gasteiger partial charge on any atom is -0.454 e. The largest absolute Gasteiger partial charge is 0.454 e. The maximum Gasteiger partial charge on any atom is 0.344 e. The summed E-state index contributed by atoms with van der Waals surface area (Å²) in [5.74, 6) is 2.10. The zero-order valence-corrected chi connectivity index (χ0v) is 14.1. The molecule has 0 saturated heterocycles. The van der Waals surface area contributed by atoms with Gasteiger partial charge in [0.05, 0.1) is 11.1 Å². The van der Waals surface area contributed by atoms with Crippen molar-refractivity contribution in [3.05, 3.63) is 57.2 Å². The fourth-order valence-corrected chi connectivity index (χ4v) is 3.39. The molecule has 2 aromatic carbocycles. The van der Waals surface area contributed by atoms with E-state index >= 15 is 0 Å². The van der Waals surface area contributed by atoms with Gasteiger partial charge in [0.15, 0.2) is 23.0 Å². The van der Waals surface area contributed by atoms with Gasteiger partial charge in [-0.2, -0.15) is 0 Å². The smallest absolute Gasteiger partial charge is 0.344 e. The van der Waals surface area contributed by atoms with Crippen LogP contribution in [0.1, 0.15) is 0 Å². The molecule has 138 valence electrons. The average molecular weight is 378 g/mol. The normalized spacial score (nSPS) is 14.1. The molecule has 0 atom stereocenters. The second-order valence-electron chi connectivity index (χ2n) is 6.38. The molecule has 0 unspecified atom stereocenters. The van der Waals surface area contributed by atoms with Crippen LogP contribution < -0.4 is 30.2 Å². The lowest BCUT2D eigenvalue weighted by Gasteiger charge is -2.05. The lowest BCUT2D eigenvalue weighted by molar-refractivity contribution is 0.173. The van der Waals surface area contributed by atoms with Gasteiger partial charge in [-0.1, -0.05) is 0 Å². The minimum atomic E-state index is -0.654. The maximum atomic E-state index is 12.5. The average Bonchev–Trinajstić information content (AvgIpc) is 3.32. The van der Waals surface area contributed by atoms with Gasteiger partial charge < -0.3 is 27.8 Å². The summed E-state index contributed by atoms with van der Waals surface area (Å²) in [4.78, 5) is 25.1. The summed E-state index contributed by atoms with van der Waals surface area (Å²) >= 11 is 0. The quantitative estimate of drug-likeness (QED) is 0.466. The summed E-state index contributed by atoms with van der Waals surface area (Å²) in [5.41, 5.74) is -0.435. The highest BCUT2D eigenvalue weighted by Crippen LogP contribution is 2.38. The van der Waals surface area contributed by atoms with Gasteiger partial charge in [0.2, 0.25) is 13.6 Å². The Morgan fingerprint density at radius 2 is 0.929 bits per heavy atom. The SMILES string of the molecule is O=c1oc2cc3c(cc2cc1-c1cc2cc4c(cc2oc1=O)OCO4)OCO3. The van der Waals surface area contributed by atoms with E-state index in [0.717, 1.165) is 0 Å². The second-order valence-corrected chi connectivity index (χ2v) is 6.38. The van der Waals surface area contributed by atoms with Gasteiger partial charge in [0.1, 0.15) is 11.2 Å². The zero-order valence-electron chi connectivity index (χ0n) is 14.1. The Hall–Kier alpha value is -3.94. The van der Waals surface area contributed by atoms with Crippen LogP contribution in [0.4, 0.5) is 0 Å². The van der Waals surface area contributed by atoms with Crippen molar-refractivity contribution in [2.75, 3.05) is 13.6 Å². The molecule has 0 fully saturated rings. The summed E-state index contributed by atoms with van der Waals surface area (Å²) < 4.78 is 32.1. The Morgan fingerprint density at radius 1 is 0.536 bits per heavy atom. The lowest BCUT2D eigenvalue weighted by Crippen LogP contribution is -2.10. The second kappa shape index (κ2) is 5.29. The van der Waals surface area contributed by atoms with E-state index in [0.29, 0.717) is 44.9 Å². The minimum absolute atomic E-state index is 0.0969. The molecule has 6 rings (SSSR count). The van der Waals surface area contributed by atoms with E-state index < -0.39 is 11.3 Å². The number of rotatable bonds is 1. The third kappa shape index (κ3) is 2.11. The first-order valence-electron chi connectivity index (χ1n) is 8.41. The fourth-order valence-electron chi connectivity index (χ4n) is 3.39. The van der Waals surface area contributed by atoms with Crippen molar-refractivity contribution < 1.29 is 27.8 Å². The molecule has 8 heteroatoms. The monoisotopic (exact) mass is 378 g/mol. The first-order valence-corrected chi connectivity index (χ1v) is 8.41. The van der Waals surface area contributed by atoms with Crippen molar-refractivity contribution in [1.29, 1.82) is 0 Å². The van der Waals surface area contributed by atoms with Gasteiger partial charge in [-0.05, 0) is 24.3 Å². The predicted molar refractivity (Wildman–Crippen MR) is 96.2 cm³/mol. The predicted octanol–water partition coefficient (Wildman–Crippen LogP) is 3.02. The number of fused-ring (bicyclic) bond motifs is 4. The molecule has 0 N–H and O–H groups in total. The van der Waals surface area contributed by atoms with Gasteiger partial charge in [-0.25, -0.2) is 9.59 Å². The highest BCUT2D eigenvalue weighted by Gasteiger charge is 2.20. The Kier molecular flexibility index (Phi) is 2.86. The van der Waals surface area contributed by atoms with Crippen LogP contribution >= 0.6 is 0 Å². The standard InChI is InChI=1S/C20H10O8/c21-19-11(1-9-3-15-17(25-7-23-15)5-13(9)27-19)12-2-10-4-16-18(26-8-24-16)6-14(10)28-20(12)22/h1-6H,7-8H2. The van der Waals surface area contributed by atoms with E-state index in [9.17, 15) is 9.59 Å². The van der Waals surface area contributed by atoms with Crippen molar-refractivity contribution in [2.45, 2.75) is 0 Å². The number of benzene rings is 2. The van der Waals surface area contributed by atoms with E-state index in [1.165, 1.54) is 0 Å². The summed E-state index contributed by atoms with van der Waals surface area (Å²) in [6.07, 6.45) is 0. The van der Waals surface area contributed by atoms with Crippen LogP contribution in [-0.4, -0.2) is 13.6 Å². The van der Waals surface area contributed by atoms with Crippen molar-refractivity contribution >= 4 is 21.9 Å². The van der Waals surface area contributed by atoms with Gasteiger partial charge >= 0.3 is 11.3 Å². The molecule has 0 radical (unpaired) electrons. The first-order chi connectivity index (χ1) is 13.7. The van der Waals surface area contributed by atoms with Crippen LogP contribution in [0.5, 0.6) is 23.0 Å². The van der Waals surface area contributed by atoms with Crippen molar-refractivity contribution in [1.82, 2.24) is 0 Å². The van der Waals surface area contributed by atoms with E-state index in [4.69, 9.17) is 27.8 Å². The van der Waals surface area contributed by atoms with Crippen LogP contribution in [0.15, 0.2) is 54.8 Å². The molecule has 2 aliphatic rings. The third-order valence-corrected chi connectivity index (χ3v) is 4.75. The van der Waals surface area contributed by atoms with Gasteiger partial charge in [-0.3, -0.25) is 0 Å². The fraction of sp³-hybridized carbons (Fsp3) is 0.100. The maximum absolute atomic E-state index is 12.5. The van der Waals surface area contributed by atoms with Crippen LogP contribution in [0.3, 0.4) is 0 Å². The van der Waals surface area contributed by atoms with Crippen LogP contribution in [0.2, 0.25) is 0 Å². The molecule has 28 heavy (non-hydrogen) atoms. The van der Waals surface area contributed by atoms with E-state index in [2.05, 4.69) is 0 Å². The van der Waals surface area contributed by atoms with Crippen molar-refractivity contribution in [3.63, 3.8) is 0 Å². The van der Waals surface area contributed by atoms with Gasteiger partial charge in [0, 0.05) is 22.9 Å². The lowest BCUT2D eigenvalue weighted by atomic mass is 10.1. The molecule has 4 aromatic rings. The topological polar surface area (TPSA) is 97.3 Å². The van der Waals surface area contributed by atoms with Gasteiger partial charge in [-0.15, -0.1) is 0 Å². The molecule has 0 saturated carbocycles. The van der Waals surface area contributed by atoms with Crippen molar-refractivity contribution in [3.8, 4) is 34.1 Å². The Labute approximate surface area is 155 Å².